The fraction of sp³-hybridized carbons (Fsp3) is 0.545. The van der Waals surface area contributed by atoms with Gasteiger partial charge in [-0.3, -0.25) is 4.98 Å². The quantitative estimate of drug-likeness (QED) is 0.741. The standard InChI is InChI=1S/C11H19N3/c1-9(2)11(14-7-5-12)10-4-3-6-13-8-10/h3-4,6,8-9,11,14H,5,7,12H2,1-2H3. The topological polar surface area (TPSA) is 50.9 Å². The largest absolute Gasteiger partial charge is 0.329 e. The molecule has 0 saturated carbocycles. The van der Waals surface area contributed by atoms with Crippen molar-refractivity contribution >= 4 is 0 Å². The molecule has 0 saturated heterocycles. The summed E-state index contributed by atoms with van der Waals surface area (Å²) in [5.41, 5.74) is 6.71. The van der Waals surface area contributed by atoms with Crippen LogP contribution in [0.25, 0.3) is 0 Å². The summed E-state index contributed by atoms with van der Waals surface area (Å²) in [6.07, 6.45) is 3.71. The van der Waals surface area contributed by atoms with Crippen molar-refractivity contribution in [1.29, 1.82) is 0 Å². The van der Waals surface area contributed by atoms with Crippen LogP contribution in [0.15, 0.2) is 24.5 Å². The van der Waals surface area contributed by atoms with E-state index in [0.717, 1.165) is 6.54 Å². The Morgan fingerprint density at radius 2 is 2.29 bits per heavy atom. The molecule has 1 aromatic heterocycles. The average Bonchev–Trinajstić information content (AvgIpc) is 2.19. The van der Waals surface area contributed by atoms with Crippen LogP contribution < -0.4 is 11.1 Å². The Bertz CT molecular complexity index is 246. The SMILES string of the molecule is CC(C)C(NCCN)c1cccnc1. The second-order valence-electron chi connectivity index (χ2n) is 3.75. The third kappa shape index (κ3) is 3.09. The second kappa shape index (κ2) is 5.73. The van der Waals surface area contributed by atoms with Gasteiger partial charge >= 0.3 is 0 Å². The molecule has 0 aliphatic heterocycles. The zero-order valence-electron chi connectivity index (χ0n) is 8.90. The van der Waals surface area contributed by atoms with Gasteiger partial charge in [-0.2, -0.15) is 0 Å². The zero-order chi connectivity index (χ0) is 10.4. The van der Waals surface area contributed by atoms with Crippen LogP contribution in [0.3, 0.4) is 0 Å². The van der Waals surface area contributed by atoms with Gasteiger partial charge in [-0.05, 0) is 17.5 Å². The van der Waals surface area contributed by atoms with Crippen LogP contribution in [-0.2, 0) is 0 Å². The molecule has 0 aliphatic rings. The molecule has 0 spiro atoms. The third-order valence-electron chi connectivity index (χ3n) is 2.22. The van der Waals surface area contributed by atoms with Crippen molar-refractivity contribution in [2.24, 2.45) is 11.7 Å². The van der Waals surface area contributed by atoms with Gasteiger partial charge in [0.05, 0.1) is 0 Å². The first-order valence-corrected chi connectivity index (χ1v) is 5.09. The fourth-order valence-corrected chi connectivity index (χ4v) is 1.54. The number of hydrogen-bond acceptors (Lipinski definition) is 3. The van der Waals surface area contributed by atoms with E-state index in [9.17, 15) is 0 Å². The van der Waals surface area contributed by atoms with E-state index in [2.05, 4.69) is 30.2 Å². The smallest absolute Gasteiger partial charge is 0.0359 e. The van der Waals surface area contributed by atoms with Crippen molar-refractivity contribution in [2.45, 2.75) is 19.9 Å². The van der Waals surface area contributed by atoms with Crippen LogP contribution in [0.2, 0.25) is 0 Å². The minimum Gasteiger partial charge on any atom is -0.329 e. The normalized spacial score (nSPS) is 13.1. The van der Waals surface area contributed by atoms with Gasteiger partial charge in [0.1, 0.15) is 0 Å². The van der Waals surface area contributed by atoms with E-state index in [1.165, 1.54) is 5.56 Å². The Hall–Kier alpha value is -0.930. The van der Waals surface area contributed by atoms with Gasteiger partial charge < -0.3 is 11.1 Å². The van der Waals surface area contributed by atoms with E-state index in [0.29, 0.717) is 18.5 Å². The number of hydrogen-bond donors (Lipinski definition) is 2. The molecule has 1 rings (SSSR count). The van der Waals surface area contributed by atoms with Crippen molar-refractivity contribution in [2.75, 3.05) is 13.1 Å². The highest BCUT2D eigenvalue weighted by atomic mass is 14.9. The summed E-state index contributed by atoms with van der Waals surface area (Å²) in [6.45, 7) is 5.91. The third-order valence-corrected chi connectivity index (χ3v) is 2.22. The highest BCUT2D eigenvalue weighted by Crippen LogP contribution is 2.19. The van der Waals surface area contributed by atoms with E-state index < -0.39 is 0 Å². The lowest BCUT2D eigenvalue weighted by atomic mass is 9.97. The van der Waals surface area contributed by atoms with Crippen LogP contribution in [0.4, 0.5) is 0 Å². The van der Waals surface area contributed by atoms with Crippen LogP contribution >= 0.6 is 0 Å². The van der Waals surface area contributed by atoms with Gasteiger partial charge in [-0.15, -0.1) is 0 Å². The summed E-state index contributed by atoms with van der Waals surface area (Å²) in [6, 6.07) is 4.42. The Labute approximate surface area is 85.7 Å². The minimum absolute atomic E-state index is 0.354. The summed E-state index contributed by atoms with van der Waals surface area (Å²) < 4.78 is 0. The van der Waals surface area contributed by atoms with Gasteiger partial charge in [0.15, 0.2) is 0 Å². The van der Waals surface area contributed by atoms with Crippen LogP contribution in [0.1, 0.15) is 25.5 Å². The highest BCUT2D eigenvalue weighted by Gasteiger charge is 2.14. The molecule has 1 unspecified atom stereocenters. The molecule has 1 aromatic rings. The number of nitrogens with two attached hydrogens (primary N) is 1. The molecule has 3 heteroatoms. The molecule has 1 heterocycles. The van der Waals surface area contributed by atoms with E-state index in [4.69, 9.17) is 5.73 Å². The summed E-state index contributed by atoms with van der Waals surface area (Å²) in [4.78, 5) is 4.12. The van der Waals surface area contributed by atoms with E-state index in [-0.39, 0.29) is 0 Å². The monoisotopic (exact) mass is 193 g/mol. The van der Waals surface area contributed by atoms with E-state index in [1.54, 1.807) is 6.20 Å². The lowest BCUT2D eigenvalue weighted by molar-refractivity contribution is 0.416. The Morgan fingerprint density at radius 1 is 1.50 bits per heavy atom. The molecule has 78 valence electrons. The molecule has 0 aromatic carbocycles. The van der Waals surface area contributed by atoms with Crippen molar-refractivity contribution < 1.29 is 0 Å². The average molecular weight is 193 g/mol. The molecule has 0 amide bonds. The number of nitrogens with one attached hydrogen (secondary N) is 1. The minimum atomic E-state index is 0.354. The van der Waals surface area contributed by atoms with Crippen molar-refractivity contribution in [1.82, 2.24) is 10.3 Å². The Kier molecular flexibility index (Phi) is 4.56. The predicted octanol–water partition coefficient (Wildman–Crippen LogP) is 1.33. The molecule has 3 N–H and O–H groups in total. The van der Waals surface area contributed by atoms with Crippen molar-refractivity contribution in [3.8, 4) is 0 Å². The molecule has 0 fully saturated rings. The molecule has 1 atom stereocenters. The van der Waals surface area contributed by atoms with Gasteiger partial charge in [0.25, 0.3) is 0 Å². The van der Waals surface area contributed by atoms with Gasteiger partial charge in [-0.1, -0.05) is 19.9 Å². The van der Waals surface area contributed by atoms with Gasteiger partial charge in [0.2, 0.25) is 0 Å². The van der Waals surface area contributed by atoms with Crippen LogP contribution in [0, 0.1) is 5.92 Å². The summed E-state index contributed by atoms with van der Waals surface area (Å²) in [5.74, 6) is 0.547. The fourth-order valence-electron chi connectivity index (χ4n) is 1.54. The lowest BCUT2D eigenvalue weighted by Crippen LogP contribution is -2.30. The maximum atomic E-state index is 5.48. The molecule has 0 bridgehead atoms. The summed E-state index contributed by atoms with van der Waals surface area (Å²) >= 11 is 0. The number of rotatable bonds is 5. The molecular weight excluding hydrogens is 174 g/mol. The number of aromatic nitrogens is 1. The molecule has 0 radical (unpaired) electrons. The number of pyridine rings is 1. The van der Waals surface area contributed by atoms with E-state index in [1.807, 2.05) is 12.3 Å². The summed E-state index contributed by atoms with van der Waals surface area (Å²) in [7, 11) is 0. The molecular formula is C11H19N3. The second-order valence-corrected chi connectivity index (χ2v) is 3.75. The lowest BCUT2D eigenvalue weighted by Gasteiger charge is -2.22. The van der Waals surface area contributed by atoms with Crippen molar-refractivity contribution in [3.63, 3.8) is 0 Å². The summed E-state index contributed by atoms with van der Waals surface area (Å²) in [5, 5.41) is 3.42. The first kappa shape index (κ1) is 11.1. The first-order valence-electron chi connectivity index (χ1n) is 5.09. The molecule has 14 heavy (non-hydrogen) atoms. The van der Waals surface area contributed by atoms with Crippen molar-refractivity contribution in [3.05, 3.63) is 30.1 Å². The maximum absolute atomic E-state index is 5.48. The maximum Gasteiger partial charge on any atom is 0.0359 e. The first-order chi connectivity index (χ1) is 6.75. The van der Waals surface area contributed by atoms with Gasteiger partial charge in [0, 0.05) is 31.5 Å². The molecule has 3 nitrogen and oxygen atoms in total. The predicted molar refractivity (Wildman–Crippen MR) is 58.9 cm³/mol. The Balaban J connectivity index is 2.68. The highest BCUT2D eigenvalue weighted by molar-refractivity contribution is 5.14. The van der Waals surface area contributed by atoms with Gasteiger partial charge in [-0.25, -0.2) is 0 Å². The van der Waals surface area contributed by atoms with Crippen LogP contribution in [-0.4, -0.2) is 18.1 Å². The number of nitrogens with zero attached hydrogens (tertiary/aromatic N) is 1. The molecule has 0 aliphatic carbocycles. The Morgan fingerprint density at radius 3 is 2.79 bits per heavy atom. The van der Waals surface area contributed by atoms with Crippen LogP contribution in [0.5, 0.6) is 0 Å². The van der Waals surface area contributed by atoms with E-state index >= 15 is 0 Å². The zero-order valence-corrected chi connectivity index (χ0v) is 8.90.